The van der Waals surface area contributed by atoms with E-state index in [4.69, 9.17) is 9.97 Å². The summed E-state index contributed by atoms with van der Waals surface area (Å²) in [6.45, 7) is 9.21. The molecule has 0 amide bonds. The third kappa shape index (κ3) is 5.69. The summed E-state index contributed by atoms with van der Waals surface area (Å²) in [5, 5.41) is 7.74. The zero-order valence-corrected chi connectivity index (χ0v) is 21.4. The standard InChI is InChI=1S/C29H34FN7/c1-19(30)9-10-20(2)34-26-16-22(11-15-33-26)28-35-25-18-32-17-24(21-6-4-7-21)27(25)29(36-28)37(3)23-8-5-13-31-14-12-23/h9-11,15-18,21,23,31H,1-2,4-8,12-14H2,3H3,(H,33,34)/b10-9-. The Morgan fingerprint density at radius 1 is 1.11 bits per heavy atom. The SMILES string of the molecule is C=C(F)/C=C\C(=C)Nc1cc(-c2nc(N(C)C3CCCNCC3)c3c(C4CCC4)cncc3n2)ccn1. The molecule has 1 saturated heterocycles. The van der Waals surface area contributed by atoms with Gasteiger partial charge in [-0.05, 0) is 81.0 Å². The largest absolute Gasteiger partial charge is 0.356 e. The van der Waals surface area contributed by atoms with E-state index in [0.717, 1.165) is 54.6 Å². The zero-order chi connectivity index (χ0) is 25.8. The molecule has 2 N–H and O–H groups in total. The Balaban J connectivity index is 1.56. The molecular formula is C29H34FN7. The van der Waals surface area contributed by atoms with Gasteiger partial charge in [-0.15, -0.1) is 0 Å². The van der Waals surface area contributed by atoms with Crippen molar-refractivity contribution >= 4 is 22.5 Å². The smallest absolute Gasteiger partial charge is 0.162 e. The maximum Gasteiger partial charge on any atom is 0.162 e. The summed E-state index contributed by atoms with van der Waals surface area (Å²) in [7, 11) is 2.17. The molecule has 5 rings (SSSR count). The van der Waals surface area contributed by atoms with Crippen molar-refractivity contribution in [1.82, 2.24) is 25.3 Å². The van der Waals surface area contributed by atoms with Gasteiger partial charge in [0, 0.05) is 42.1 Å². The molecule has 192 valence electrons. The average Bonchev–Trinajstić information content (AvgIpc) is 3.15. The first-order valence-corrected chi connectivity index (χ1v) is 13.0. The number of pyridine rings is 2. The number of nitrogens with one attached hydrogen (secondary N) is 2. The first-order chi connectivity index (χ1) is 18.0. The second-order valence-electron chi connectivity index (χ2n) is 9.93. The molecule has 3 aromatic rings. The number of nitrogens with zero attached hydrogens (tertiary/aromatic N) is 5. The van der Waals surface area contributed by atoms with Gasteiger partial charge in [-0.1, -0.05) is 19.6 Å². The van der Waals surface area contributed by atoms with Crippen LogP contribution in [0.2, 0.25) is 0 Å². The minimum absolute atomic E-state index is 0.401. The summed E-state index contributed by atoms with van der Waals surface area (Å²) in [6.07, 6.45) is 15.3. The maximum absolute atomic E-state index is 13.0. The number of allylic oxidation sites excluding steroid dienone is 3. The van der Waals surface area contributed by atoms with Crippen LogP contribution in [0.4, 0.5) is 16.0 Å². The monoisotopic (exact) mass is 499 g/mol. The lowest BCUT2D eigenvalue weighted by molar-refractivity contribution is 0.421. The van der Waals surface area contributed by atoms with Crippen LogP contribution in [0.1, 0.15) is 50.0 Å². The highest BCUT2D eigenvalue weighted by Crippen LogP contribution is 2.42. The molecule has 2 fully saturated rings. The number of fused-ring (bicyclic) bond motifs is 1. The van der Waals surface area contributed by atoms with E-state index in [1.165, 1.54) is 37.0 Å². The van der Waals surface area contributed by atoms with Gasteiger partial charge in [-0.2, -0.15) is 0 Å². The number of halogens is 1. The van der Waals surface area contributed by atoms with Crippen LogP contribution in [0.15, 0.2) is 67.6 Å². The highest BCUT2D eigenvalue weighted by atomic mass is 19.1. The summed E-state index contributed by atoms with van der Waals surface area (Å²) in [5.41, 5.74) is 3.46. The molecule has 3 aromatic heterocycles. The number of anilines is 2. The molecule has 7 nitrogen and oxygen atoms in total. The lowest BCUT2D eigenvalue weighted by Crippen LogP contribution is -2.33. The molecule has 1 atom stereocenters. The third-order valence-electron chi connectivity index (χ3n) is 7.36. The minimum atomic E-state index is -0.537. The topological polar surface area (TPSA) is 78.9 Å². The molecule has 2 aliphatic rings. The normalized spacial score (nSPS) is 18.4. The molecule has 1 saturated carbocycles. The molecule has 8 heteroatoms. The molecule has 0 radical (unpaired) electrons. The summed E-state index contributed by atoms with van der Waals surface area (Å²) < 4.78 is 13.0. The van der Waals surface area contributed by atoms with Gasteiger partial charge in [0.15, 0.2) is 5.82 Å². The van der Waals surface area contributed by atoms with Gasteiger partial charge in [0.2, 0.25) is 0 Å². The molecule has 4 heterocycles. The summed E-state index contributed by atoms with van der Waals surface area (Å²) in [4.78, 5) is 21.5. The lowest BCUT2D eigenvalue weighted by Gasteiger charge is -2.32. The van der Waals surface area contributed by atoms with E-state index in [0.29, 0.717) is 29.3 Å². The third-order valence-corrected chi connectivity index (χ3v) is 7.36. The fourth-order valence-electron chi connectivity index (χ4n) is 5.10. The van der Waals surface area contributed by atoms with Gasteiger partial charge in [-0.3, -0.25) is 4.98 Å². The van der Waals surface area contributed by atoms with Crippen molar-refractivity contribution in [3.63, 3.8) is 0 Å². The van der Waals surface area contributed by atoms with E-state index in [1.807, 2.05) is 24.5 Å². The maximum atomic E-state index is 13.0. The van der Waals surface area contributed by atoms with E-state index in [9.17, 15) is 4.39 Å². The highest BCUT2D eigenvalue weighted by molar-refractivity contribution is 5.94. The van der Waals surface area contributed by atoms with Gasteiger partial charge in [0.05, 0.1) is 11.7 Å². The van der Waals surface area contributed by atoms with E-state index in [-0.39, 0.29) is 0 Å². The van der Waals surface area contributed by atoms with Gasteiger partial charge in [-0.25, -0.2) is 19.3 Å². The first kappa shape index (κ1) is 25.0. The first-order valence-electron chi connectivity index (χ1n) is 13.0. The molecule has 0 bridgehead atoms. The average molecular weight is 500 g/mol. The molecule has 0 aromatic carbocycles. The Morgan fingerprint density at radius 2 is 1.97 bits per heavy atom. The van der Waals surface area contributed by atoms with Crippen molar-refractivity contribution in [2.45, 2.75) is 50.5 Å². The molecule has 1 unspecified atom stereocenters. The Bertz CT molecular complexity index is 1320. The molecule has 1 aliphatic carbocycles. The second-order valence-corrected chi connectivity index (χ2v) is 9.93. The van der Waals surface area contributed by atoms with Crippen molar-refractivity contribution in [2.75, 3.05) is 30.4 Å². The van der Waals surface area contributed by atoms with E-state index >= 15 is 0 Å². The fraction of sp³-hybridized carbons (Fsp3) is 0.379. The Morgan fingerprint density at radius 3 is 2.76 bits per heavy atom. The Hall–Kier alpha value is -3.65. The van der Waals surface area contributed by atoms with Gasteiger partial charge in [0.1, 0.15) is 17.5 Å². The number of hydrogen-bond acceptors (Lipinski definition) is 7. The van der Waals surface area contributed by atoms with E-state index < -0.39 is 5.83 Å². The quantitative estimate of drug-likeness (QED) is 0.374. The van der Waals surface area contributed by atoms with Crippen LogP contribution in [0.5, 0.6) is 0 Å². The highest BCUT2D eigenvalue weighted by Gasteiger charge is 2.27. The fourth-order valence-corrected chi connectivity index (χ4v) is 5.10. The zero-order valence-electron chi connectivity index (χ0n) is 21.4. The van der Waals surface area contributed by atoms with Crippen LogP contribution >= 0.6 is 0 Å². The molecular weight excluding hydrogens is 465 g/mol. The van der Waals surface area contributed by atoms with Gasteiger partial charge in [0.25, 0.3) is 0 Å². The van der Waals surface area contributed by atoms with Crippen molar-refractivity contribution in [3.8, 4) is 11.4 Å². The van der Waals surface area contributed by atoms with Crippen LogP contribution in [-0.4, -0.2) is 46.1 Å². The predicted molar refractivity (Wildman–Crippen MR) is 148 cm³/mol. The van der Waals surface area contributed by atoms with Crippen LogP contribution in [0.25, 0.3) is 22.3 Å². The van der Waals surface area contributed by atoms with Gasteiger partial charge < -0.3 is 15.5 Å². The van der Waals surface area contributed by atoms with Crippen molar-refractivity contribution in [3.05, 3.63) is 73.1 Å². The molecule has 1 aliphatic heterocycles. The van der Waals surface area contributed by atoms with Gasteiger partial charge >= 0.3 is 0 Å². The number of hydrogen-bond donors (Lipinski definition) is 2. The van der Waals surface area contributed by atoms with Crippen LogP contribution < -0.4 is 15.5 Å². The summed E-state index contributed by atoms with van der Waals surface area (Å²) >= 11 is 0. The number of aromatic nitrogens is 4. The van der Waals surface area contributed by atoms with E-state index in [1.54, 1.807) is 6.20 Å². The molecule has 0 spiro atoms. The van der Waals surface area contributed by atoms with Crippen LogP contribution in [0.3, 0.4) is 0 Å². The van der Waals surface area contributed by atoms with Crippen molar-refractivity contribution in [1.29, 1.82) is 0 Å². The Labute approximate surface area is 217 Å². The minimum Gasteiger partial charge on any atom is -0.356 e. The van der Waals surface area contributed by atoms with Crippen molar-refractivity contribution in [2.24, 2.45) is 0 Å². The predicted octanol–water partition coefficient (Wildman–Crippen LogP) is 5.90. The van der Waals surface area contributed by atoms with Crippen LogP contribution in [-0.2, 0) is 0 Å². The summed E-state index contributed by atoms with van der Waals surface area (Å²) in [5.74, 6) is 2.15. The Kier molecular flexibility index (Phi) is 7.55. The second kappa shape index (κ2) is 11.2. The number of rotatable bonds is 8. The summed E-state index contributed by atoms with van der Waals surface area (Å²) in [6, 6.07) is 4.18. The molecule has 37 heavy (non-hydrogen) atoms. The van der Waals surface area contributed by atoms with Crippen LogP contribution in [0, 0.1) is 0 Å². The van der Waals surface area contributed by atoms with Crippen molar-refractivity contribution < 1.29 is 4.39 Å². The lowest BCUT2D eigenvalue weighted by atomic mass is 9.79. The van der Waals surface area contributed by atoms with E-state index in [2.05, 4.69) is 45.7 Å².